The number of aromatic hydroxyl groups is 1. The van der Waals surface area contributed by atoms with Crippen LogP contribution >= 0.6 is 11.8 Å². The van der Waals surface area contributed by atoms with Crippen LogP contribution in [0.4, 0.5) is 0 Å². The predicted octanol–water partition coefficient (Wildman–Crippen LogP) is 4.38. The van der Waals surface area contributed by atoms with Gasteiger partial charge in [0.05, 0.1) is 5.75 Å². The predicted molar refractivity (Wildman–Crippen MR) is 116 cm³/mol. The second-order valence-electron chi connectivity index (χ2n) is 6.56. The van der Waals surface area contributed by atoms with Crippen LogP contribution in [0.15, 0.2) is 88.8 Å². The van der Waals surface area contributed by atoms with Crippen molar-refractivity contribution in [2.75, 3.05) is 0 Å². The monoisotopic (exact) mass is 428 g/mol. The first kappa shape index (κ1) is 19.0. The molecule has 0 radical (unpaired) electrons. The quantitative estimate of drug-likeness (QED) is 0.398. The van der Waals surface area contributed by atoms with Gasteiger partial charge in [-0.15, -0.1) is 10.2 Å². The van der Waals surface area contributed by atoms with Crippen LogP contribution in [0.25, 0.3) is 28.5 Å². The third kappa shape index (κ3) is 4.03. The molecule has 0 amide bonds. The van der Waals surface area contributed by atoms with Gasteiger partial charge in [0, 0.05) is 29.2 Å². The molecule has 0 aliphatic carbocycles. The number of hydrogen-bond donors (Lipinski definition) is 1. The average molecular weight is 428 g/mol. The summed E-state index contributed by atoms with van der Waals surface area (Å²) in [4.78, 5) is 8.53. The molecule has 5 aromatic rings. The second-order valence-corrected chi connectivity index (χ2v) is 7.50. The van der Waals surface area contributed by atoms with E-state index in [1.165, 1.54) is 11.8 Å². The standard InChI is InChI=1S/C22H16N6O2S/c29-18-8-6-15(7-9-18)20-24-19(30-27-20)14-31-22-26-25-21(16-10-12-23-13-11-16)28(22)17-4-2-1-3-5-17/h1-13,29H,14H2. The minimum Gasteiger partial charge on any atom is -0.508 e. The molecule has 0 bridgehead atoms. The zero-order valence-corrected chi connectivity index (χ0v) is 17.0. The average Bonchev–Trinajstić information content (AvgIpc) is 3.47. The normalized spacial score (nSPS) is 11.0. The molecular formula is C22H16N6O2S. The van der Waals surface area contributed by atoms with Gasteiger partial charge < -0.3 is 9.63 Å². The highest BCUT2D eigenvalue weighted by Gasteiger charge is 2.17. The van der Waals surface area contributed by atoms with Crippen molar-refractivity contribution >= 4 is 11.8 Å². The number of thioether (sulfide) groups is 1. The summed E-state index contributed by atoms with van der Waals surface area (Å²) in [6, 6.07) is 20.4. The van der Waals surface area contributed by atoms with Gasteiger partial charge in [0.2, 0.25) is 11.7 Å². The van der Waals surface area contributed by atoms with Gasteiger partial charge in [-0.3, -0.25) is 9.55 Å². The fraction of sp³-hybridized carbons (Fsp3) is 0.0455. The molecule has 0 saturated heterocycles. The topological polar surface area (TPSA) is 103 Å². The van der Waals surface area contributed by atoms with Crippen LogP contribution < -0.4 is 0 Å². The van der Waals surface area contributed by atoms with Crippen molar-refractivity contribution in [3.63, 3.8) is 0 Å². The molecule has 152 valence electrons. The minimum atomic E-state index is 0.188. The van der Waals surface area contributed by atoms with Crippen LogP contribution in [0.2, 0.25) is 0 Å². The number of nitrogens with zero attached hydrogens (tertiary/aromatic N) is 6. The van der Waals surface area contributed by atoms with E-state index >= 15 is 0 Å². The largest absolute Gasteiger partial charge is 0.508 e. The molecular weight excluding hydrogens is 412 g/mol. The van der Waals surface area contributed by atoms with Gasteiger partial charge >= 0.3 is 0 Å². The lowest BCUT2D eigenvalue weighted by molar-refractivity contribution is 0.391. The second kappa shape index (κ2) is 8.41. The van der Waals surface area contributed by atoms with Crippen molar-refractivity contribution in [3.8, 4) is 34.2 Å². The Balaban J connectivity index is 1.42. The number of phenolic OH excluding ortho intramolecular Hbond substituents is 1. The van der Waals surface area contributed by atoms with Crippen molar-refractivity contribution in [2.45, 2.75) is 10.9 Å². The number of para-hydroxylation sites is 1. The molecule has 0 fully saturated rings. The van der Waals surface area contributed by atoms with Gasteiger partial charge in [-0.1, -0.05) is 35.1 Å². The maximum absolute atomic E-state index is 9.44. The molecule has 1 N–H and O–H groups in total. The molecule has 3 aromatic heterocycles. The van der Waals surface area contributed by atoms with Crippen molar-refractivity contribution in [1.29, 1.82) is 0 Å². The van der Waals surface area contributed by atoms with E-state index in [2.05, 4.69) is 25.3 Å². The van der Waals surface area contributed by atoms with Crippen LogP contribution in [-0.2, 0) is 5.75 Å². The highest BCUT2D eigenvalue weighted by Crippen LogP contribution is 2.29. The highest BCUT2D eigenvalue weighted by molar-refractivity contribution is 7.98. The van der Waals surface area contributed by atoms with Crippen LogP contribution in [0.1, 0.15) is 5.89 Å². The first-order chi connectivity index (χ1) is 15.3. The summed E-state index contributed by atoms with van der Waals surface area (Å²) in [5.41, 5.74) is 2.65. The summed E-state index contributed by atoms with van der Waals surface area (Å²) in [5, 5.41) is 23.0. The smallest absolute Gasteiger partial charge is 0.237 e. The lowest BCUT2D eigenvalue weighted by atomic mass is 10.2. The van der Waals surface area contributed by atoms with Gasteiger partial charge in [-0.2, -0.15) is 4.98 Å². The lowest BCUT2D eigenvalue weighted by Gasteiger charge is -2.09. The summed E-state index contributed by atoms with van der Waals surface area (Å²) < 4.78 is 7.40. The van der Waals surface area contributed by atoms with Crippen LogP contribution in [-0.4, -0.2) is 35.0 Å². The Bertz CT molecular complexity index is 1290. The van der Waals surface area contributed by atoms with E-state index in [0.29, 0.717) is 22.6 Å². The number of benzene rings is 2. The van der Waals surface area contributed by atoms with E-state index in [4.69, 9.17) is 4.52 Å². The molecule has 0 atom stereocenters. The Hall–Kier alpha value is -3.98. The first-order valence-corrected chi connectivity index (χ1v) is 10.4. The molecule has 31 heavy (non-hydrogen) atoms. The molecule has 8 nitrogen and oxygen atoms in total. The van der Waals surface area contributed by atoms with Crippen molar-refractivity contribution in [3.05, 3.63) is 85.0 Å². The van der Waals surface area contributed by atoms with Crippen molar-refractivity contribution in [1.82, 2.24) is 29.9 Å². The number of hydrogen-bond acceptors (Lipinski definition) is 8. The van der Waals surface area contributed by atoms with Crippen molar-refractivity contribution < 1.29 is 9.63 Å². The summed E-state index contributed by atoms with van der Waals surface area (Å²) in [7, 11) is 0. The summed E-state index contributed by atoms with van der Waals surface area (Å²) in [6.07, 6.45) is 3.46. The fourth-order valence-corrected chi connectivity index (χ4v) is 3.82. The van der Waals surface area contributed by atoms with Gasteiger partial charge in [-0.05, 0) is 48.5 Å². The van der Waals surface area contributed by atoms with E-state index in [9.17, 15) is 5.11 Å². The molecule has 0 aliphatic heterocycles. The van der Waals surface area contributed by atoms with Gasteiger partial charge in [0.15, 0.2) is 11.0 Å². The highest BCUT2D eigenvalue weighted by atomic mass is 32.2. The maximum atomic E-state index is 9.44. The van der Waals surface area contributed by atoms with Gasteiger partial charge in [0.25, 0.3) is 0 Å². The molecule has 0 spiro atoms. The number of phenols is 1. The van der Waals surface area contributed by atoms with E-state index in [1.54, 1.807) is 36.7 Å². The van der Waals surface area contributed by atoms with Gasteiger partial charge in [-0.25, -0.2) is 0 Å². The molecule has 0 aliphatic rings. The number of rotatable bonds is 6. The Morgan fingerprint density at radius 1 is 0.871 bits per heavy atom. The van der Waals surface area contributed by atoms with Crippen LogP contribution in [0, 0.1) is 0 Å². The van der Waals surface area contributed by atoms with E-state index in [0.717, 1.165) is 22.6 Å². The summed E-state index contributed by atoms with van der Waals surface area (Å²) in [6.45, 7) is 0. The van der Waals surface area contributed by atoms with E-state index in [1.807, 2.05) is 47.0 Å². The molecule has 9 heteroatoms. The lowest BCUT2D eigenvalue weighted by Crippen LogP contribution is -1.99. The van der Waals surface area contributed by atoms with Crippen LogP contribution in [0.5, 0.6) is 5.75 Å². The summed E-state index contributed by atoms with van der Waals surface area (Å²) >= 11 is 1.46. The van der Waals surface area contributed by atoms with E-state index < -0.39 is 0 Å². The van der Waals surface area contributed by atoms with E-state index in [-0.39, 0.29) is 5.75 Å². The fourth-order valence-electron chi connectivity index (χ4n) is 3.03. The SMILES string of the molecule is Oc1ccc(-c2noc(CSc3nnc(-c4ccncc4)n3-c3ccccc3)n2)cc1. The minimum absolute atomic E-state index is 0.188. The van der Waals surface area contributed by atoms with Crippen molar-refractivity contribution in [2.24, 2.45) is 0 Å². The molecule has 3 heterocycles. The zero-order chi connectivity index (χ0) is 21.0. The zero-order valence-electron chi connectivity index (χ0n) is 16.2. The Labute approximate surface area is 181 Å². The Morgan fingerprint density at radius 2 is 1.65 bits per heavy atom. The molecule has 0 unspecified atom stereocenters. The first-order valence-electron chi connectivity index (χ1n) is 9.44. The summed E-state index contributed by atoms with van der Waals surface area (Å²) in [5.74, 6) is 2.30. The third-order valence-electron chi connectivity index (χ3n) is 4.50. The Morgan fingerprint density at radius 3 is 2.42 bits per heavy atom. The molecule has 0 saturated carbocycles. The van der Waals surface area contributed by atoms with Gasteiger partial charge in [0.1, 0.15) is 5.75 Å². The maximum Gasteiger partial charge on any atom is 0.237 e. The number of pyridine rings is 1. The molecule has 5 rings (SSSR count). The Kier molecular flexibility index (Phi) is 5.16. The third-order valence-corrected chi connectivity index (χ3v) is 5.42. The number of aromatic nitrogens is 6. The van der Waals surface area contributed by atoms with Crippen LogP contribution in [0.3, 0.4) is 0 Å². The molecule has 2 aromatic carbocycles.